The van der Waals surface area contributed by atoms with Gasteiger partial charge in [0.25, 0.3) is 23.2 Å². The van der Waals surface area contributed by atoms with Crippen LogP contribution in [0, 0.1) is 20.2 Å². The second-order valence-electron chi connectivity index (χ2n) is 6.57. The first-order valence-corrected chi connectivity index (χ1v) is 9.61. The molecule has 0 heterocycles. The third-order valence-electron chi connectivity index (χ3n) is 4.60. The Labute approximate surface area is 178 Å². The fraction of sp³-hybridized carbons (Fsp3) is 0.300. The number of amides is 2. The Hall–Kier alpha value is -3.86. The van der Waals surface area contributed by atoms with Gasteiger partial charge in [-0.05, 0) is 37.4 Å². The molecule has 2 aromatic rings. The number of hydrogen-bond acceptors (Lipinski definition) is 7. The van der Waals surface area contributed by atoms with Crippen molar-refractivity contribution in [2.24, 2.45) is 0 Å². The minimum Gasteiger partial charge on any atom is -0.351 e. The minimum absolute atomic E-state index is 0.223. The van der Waals surface area contributed by atoms with Crippen LogP contribution >= 0.6 is 0 Å². The molecule has 0 radical (unpaired) electrons. The molecule has 11 heteroatoms. The van der Waals surface area contributed by atoms with Crippen molar-refractivity contribution in [2.75, 3.05) is 31.5 Å². The van der Waals surface area contributed by atoms with Crippen molar-refractivity contribution in [1.29, 1.82) is 0 Å². The topological polar surface area (TPSA) is 148 Å². The maximum atomic E-state index is 12.4. The molecule has 0 unspecified atom stereocenters. The maximum Gasteiger partial charge on any atom is 0.277 e. The van der Waals surface area contributed by atoms with E-state index in [1.54, 1.807) is 0 Å². The first-order valence-electron chi connectivity index (χ1n) is 9.61. The highest BCUT2D eigenvalue weighted by Crippen LogP contribution is 2.23. The number of anilines is 1. The van der Waals surface area contributed by atoms with Crippen LogP contribution in [0.5, 0.6) is 0 Å². The standard InChI is InChI=1S/C20H23N5O6/c1-3-23(4-2)10-9-21-19(26)14-5-7-16(8-6-14)22-20(27)15-11-17(24(28)29)13-18(12-15)25(30)31/h5-8,11-13H,3-4,9-10H2,1-2H3,(H,21,26)(H,22,27). The quantitative estimate of drug-likeness (QED) is 0.436. The van der Waals surface area contributed by atoms with E-state index in [9.17, 15) is 29.8 Å². The normalized spacial score (nSPS) is 10.5. The predicted molar refractivity (Wildman–Crippen MR) is 114 cm³/mol. The van der Waals surface area contributed by atoms with Crippen molar-refractivity contribution in [3.05, 3.63) is 73.8 Å². The highest BCUT2D eigenvalue weighted by Gasteiger charge is 2.20. The molecule has 2 amide bonds. The van der Waals surface area contributed by atoms with Gasteiger partial charge in [0.15, 0.2) is 0 Å². The third kappa shape index (κ3) is 6.57. The highest BCUT2D eigenvalue weighted by molar-refractivity contribution is 6.05. The van der Waals surface area contributed by atoms with E-state index in [-0.39, 0.29) is 11.5 Å². The van der Waals surface area contributed by atoms with Gasteiger partial charge in [0.05, 0.1) is 21.5 Å². The Bertz CT molecular complexity index is 940. The van der Waals surface area contributed by atoms with Gasteiger partial charge in [-0.1, -0.05) is 13.8 Å². The number of likely N-dealkylation sites (N-methyl/N-ethyl adjacent to an activating group) is 1. The van der Waals surface area contributed by atoms with E-state index in [0.29, 0.717) is 17.8 Å². The van der Waals surface area contributed by atoms with Crippen molar-refractivity contribution in [2.45, 2.75) is 13.8 Å². The van der Waals surface area contributed by atoms with Crippen molar-refractivity contribution < 1.29 is 19.4 Å². The molecule has 0 saturated carbocycles. The fourth-order valence-corrected chi connectivity index (χ4v) is 2.81. The number of rotatable bonds is 10. The lowest BCUT2D eigenvalue weighted by Gasteiger charge is -2.18. The number of benzene rings is 2. The van der Waals surface area contributed by atoms with Crippen molar-refractivity contribution in [1.82, 2.24) is 10.2 Å². The van der Waals surface area contributed by atoms with Crippen LogP contribution in [0.3, 0.4) is 0 Å². The summed E-state index contributed by atoms with van der Waals surface area (Å²) in [6, 6.07) is 8.76. The van der Waals surface area contributed by atoms with E-state index < -0.39 is 27.1 Å². The molecular weight excluding hydrogens is 406 g/mol. The number of carbonyl (C=O) groups excluding carboxylic acids is 2. The Morgan fingerprint density at radius 2 is 1.42 bits per heavy atom. The van der Waals surface area contributed by atoms with E-state index in [1.165, 1.54) is 24.3 Å². The summed E-state index contributed by atoms with van der Waals surface area (Å²) in [5.41, 5.74) is -0.603. The number of non-ortho nitro benzene ring substituents is 2. The van der Waals surface area contributed by atoms with Crippen molar-refractivity contribution >= 4 is 28.9 Å². The molecule has 2 aromatic carbocycles. The first kappa shape index (κ1) is 23.4. The highest BCUT2D eigenvalue weighted by atomic mass is 16.6. The number of nitrogens with zero attached hydrogens (tertiary/aromatic N) is 3. The monoisotopic (exact) mass is 429 g/mol. The van der Waals surface area contributed by atoms with Gasteiger partial charge in [0.1, 0.15) is 0 Å². The van der Waals surface area contributed by atoms with Crippen LogP contribution in [-0.4, -0.2) is 52.7 Å². The molecule has 0 aliphatic rings. The van der Waals surface area contributed by atoms with Crippen LogP contribution in [0.1, 0.15) is 34.6 Å². The molecule has 0 spiro atoms. The van der Waals surface area contributed by atoms with Crippen molar-refractivity contribution in [3.8, 4) is 0 Å². The number of nitrogens with one attached hydrogen (secondary N) is 2. The summed E-state index contributed by atoms with van der Waals surface area (Å²) in [4.78, 5) is 47.1. The molecule has 0 aromatic heterocycles. The van der Waals surface area contributed by atoms with Crippen LogP contribution in [0.4, 0.5) is 17.1 Å². The second-order valence-corrected chi connectivity index (χ2v) is 6.57. The van der Waals surface area contributed by atoms with Gasteiger partial charge in [-0.25, -0.2) is 0 Å². The molecule has 164 valence electrons. The lowest BCUT2D eigenvalue weighted by atomic mass is 10.1. The lowest BCUT2D eigenvalue weighted by molar-refractivity contribution is -0.394. The average Bonchev–Trinajstić information content (AvgIpc) is 2.76. The Morgan fingerprint density at radius 3 is 1.90 bits per heavy atom. The van der Waals surface area contributed by atoms with Crippen LogP contribution in [-0.2, 0) is 0 Å². The summed E-state index contributed by atoms with van der Waals surface area (Å²) in [6.45, 7) is 7.13. The van der Waals surface area contributed by atoms with E-state index >= 15 is 0 Å². The number of nitro groups is 2. The average molecular weight is 429 g/mol. The van der Waals surface area contributed by atoms with Crippen LogP contribution in [0.15, 0.2) is 42.5 Å². The van der Waals surface area contributed by atoms with Gasteiger partial charge in [0, 0.05) is 36.5 Å². The Kier molecular flexibility index (Phi) is 8.15. The van der Waals surface area contributed by atoms with Gasteiger partial charge in [-0.2, -0.15) is 0 Å². The lowest BCUT2D eigenvalue weighted by Crippen LogP contribution is -2.34. The maximum absolute atomic E-state index is 12.4. The van der Waals surface area contributed by atoms with Gasteiger partial charge in [0.2, 0.25) is 0 Å². The zero-order valence-electron chi connectivity index (χ0n) is 17.2. The molecule has 0 saturated heterocycles. The molecule has 11 nitrogen and oxygen atoms in total. The molecule has 2 rings (SSSR count). The summed E-state index contributed by atoms with van der Waals surface area (Å²) in [6.07, 6.45) is 0. The number of hydrogen-bond donors (Lipinski definition) is 2. The molecule has 0 fully saturated rings. The number of nitro benzene ring substituents is 2. The van der Waals surface area contributed by atoms with Gasteiger partial charge < -0.3 is 15.5 Å². The van der Waals surface area contributed by atoms with Crippen LogP contribution in [0.2, 0.25) is 0 Å². The minimum atomic E-state index is -0.808. The molecule has 0 atom stereocenters. The van der Waals surface area contributed by atoms with E-state index in [1.807, 2.05) is 13.8 Å². The summed E-state index contributed by atoms with van der Waals surface area (Å²) >= 11 is 0. The van der Waals surface area contributed by atoms with Gasteiger partial charge in [-0.3, -0.25) is 29.8 Å². The predicted octanol–water partition coefficient (Wildman–Crippen LogP) is 2.83. The third-order valence-corrected chi connectivity index (χ3v) is 4.60. The second kappa shape index (κ2) is 10.8. The molecule has 31 heavy (non-hydrogen) atoms. The summed E-state index contributed by atoms with van der Waals surface area (Å²) < 4.78 is 0. The molecular formula is C20H23N5O6. The molecule has 0 bridgehead atoms. The molecule has 0 aliphatic carbocycles. The summed E-state index contributed by atoms with van der Waals surface area (Å²) in [5, 5.41) is 27.3. The Morgan fingerprint density at radius 1 is 0.871 bits per heavy atom. The largest absolute Gasteiger partial charge is 0.351 e. The summed E-state index contributed by atoms with van der Waals surface area (Å²) in [7, 11) is 0. The van der Waals surface area contributed by atoms with Gasteiger partial charge >= 0.3 is 0 Å². The van der Waals surface area contributed by atoms with E-state index in [0.717, 1.165) is 37.8 Å². The number of carbonyl (C=O) groups is 2. The smallest absolute Gasteiger partial charge is 0.277 e. The SMILES string of the molecule is CCN(CC)CCNC(=O)c1ccc(NC(=O)c2cc([N+](=O)[O-])cc([N+](=O)[O-])c2)cc1. The van der Waals surface area contributed by atoms with Crippen LogP contribution in [0.25, 0.3) is 0 Å². The van der Waals surface area contributed by atoms with E-state index in [4.69, 9.17) is 0 Å². The summed E-state index contributed by atoms with van der Waals surface area (Å²) in [5.74, 6) is -0.998. The zero-order valence-corrected chi connectivity index (χ0v) is 17.2. The first-order chi connectivity index (χ1) is 14.7. The Balaban J connectivity index is 2.04. The van der Waals surface area contributed by atoms with Crippen LogP contribution < -0.4 is 10.6 Å². The van der Waals surface area contributed by atoms with Crippen molar-refractivity contribution in [3.63, 3.8) is 0 Å². The fourth-order valence-electron chi connectivity index (χ4n) is 2.81. The molecule has 0 aliphatic heterocycles. The molecule has 2 N–H and O–H groups in total. The van der Waals surface area contributed by atoms with E-state index in [2.05, 4.69) is 15.5 Å². The zero-order chi connectivity index (χ0) is 23.0. The van der Waals surface area contributed by atoms with Gasteiger partial charge in [-0.15, -0.1) is 0 Å².